The van der Waals surface area contributed by atoms with Crippen LogP contribution >= 0.6 is 0 Å². The highest BCUT2D eigenvalue weighted by atomic mass is 16.6. The summed E-state index contributed by atoms with van der Waals surface area (Å²) in [7, 11) is 0. The van der Waals surface area contributed by atoms with Gasteiger partial charge in [0.1, 0.15) is 11.6 Å². The van der Waals surface area contributed by atoms with Crippen molar-refractivity contribution in [1.82, 2.24) is 20.4 Å². The van der Waals surface area contributed by atoms with Gasteiger partial charge in [0, 0.05) is 12.7 Å². The zero-order valence-electron chi connectivity index (χ0n) is 12.8. The molecular formula is C14H22N4O3. The molecule has 116 valence electrons. The molecule has 2 N–H and O–H groups in total. The SMILES string of the molecule is CC(NC(=O)[C@H]1CCN1C(=O)OC(C)(C)C)c1ccn[nH]1. The number of aromatic amines is 1. The van der Waals surface area contributed by atoms with Crippen LogP contribution in [0.1, 0.15) is 45.9 Å². The zero-order valence-corrected chi connectivity index (χ0v) is 12.8. The van der Waals surface area contributed by atoms with Gasteiger partial charge >= 0.3 is 6.09 Å². The van der Waals surface area contributed by atoms with E-state index in [2.05, 4.69) is 15.5 Å². The van der Waals surface area contributed by atoms with E-state index in [9.17, 15) is 9.59 Å². The smallest absolute Gasteiger partial charge is 0.410 e. The Labute approximate surface area is 124 Å². The molecule has 1 saturated heterocycles. The van der Waals surface area contributed by atoms with Crippen LogP contribution in [0.25, 0.3) is 0 Å². The fourth-order valence-corrected chi connectivity index (χ4v) is 2.09. The van der Waals surface area contributed by atoms with Crippen molar-refractivity contribution in [2.24, 2.45) is 0 Å². The summed E-state index contributed by atoms with van der Waals surface area (Å²) in [5, 5.41) is 9.54. The first-order valence-corrected chi connectivity index (χ1v) is 7.07. The molecule has 1 unspecified atom stereocenters. The normalized spacial score (nSPS) is 19.6. The van der Waals surface area contributed by atoms with E-state index < -0.39 is 17.7 Å². The maximum Gasteiger partial charge on any atom is 0.410 e. The second kappa shape index (κ2) is 5.75. The number of hydrogen-bond donors (Lipinski definition) is 2. The van der Waals surface area contributed by atoms with Crippen LogP contribution in [0.2, 0.25) is 0 Å². The van der Waals surface area contributed by atoms with E-state index in [0.717, 1.165) is 5.69 Å². The minimum atomic E-state index is -0.559. The molecule has 0 spiro atoms. The van der Waals surface area contributed by atoms with E-state index in [-0.39, 0.29) is 11.9 Å². The first kappa shape index (κ1) is 15.3. The lowest BCUT2D eigenvalue weighted by Crippen LogP contribution is -2.59. The van der Waals surface area contributed by atoms with Crippen LogP contribution in [-0.4, -0.2) is 45.3 Å². The van der Waals surface area contributed by atoms with Crippen LogP contribution in [0.5, 0.6) is 0 Å². The summed E-state index contributed by atoms with van der Waals surface area (Å²) in [6.45, 7) is 7.83. The molecule has 21 heavy (non-hydrogen) atoms. The number of rotatable bonds is 3. The molecule has 2 atom stereocenters. The van der Waals surface area contributed by atoms with Crippen molar-refractivity contribution in [2.45, 2.75) is 51.8 Å². The highest BCUT2D eigenvalue weighted by molar-refractivity contribution is 5.87. The first-order chi connectivity index (χ1) is 9.78. The number of aromatic nitrogens is 2. The minimum Gasteiger partial charge on any atom is -0.444 e. The van der Waals surface area contributed by atoms with Crippen molar-refractivity contribution in [3.63, 3.8) is 0 Å². The third kappa shape index (κ3) is 3.74. The Hall–Kier alpha value is -2.05. The fraction of sp³-hybridized carbons (Fsp3) is 0.643. The molecule has 7 nitrogen and oxygen atoms in total. The number of carbonyl (C=O) groups is 2. The Morgan fingerprint density at radius 2 is 2.24 bits per heavy atom. The van der Waals surface area contributed by atoms with Crippen LogP contribution in [0.15, 0.2) is 12.3 Å². The molecule has 1 aliphatic heterocycles. The van der Waals surface area contributed by atoms with Gasteiger partial charge in [-0.3, -0.25) is 14.8 Å². The Morgan fingerprint density at radius 1 is 1.52 bits per heavy atom. The van der Waals surface area contributed by atoms with Gasteiger partial charge in [-0.05, 0) is 40.2 Å². The zero-order chi connectivity index (χ0) is 15.6. The van der Waals surface area contributed by atoms with Crippen LogP contribution in [0.4, 0.5) is 4.79 Å². The largest absolute Gasteiger partial charge is 0.444 e. The van der Waals surface area contributed by atoms with Crippen molar-refractivity contribution in [2.75, 3.05) is 6.54 Å². The summed E-state index contributed by atoms with van der Waals surface area (Å²) >= 11 is 0. The van der Waals surface area contributed by atoms with Gasteiger partial charge in [0.15, 0.2) is 0 Å². The summed E-state index contributed by atoms with van der Waals surface area (Å²) in [6, 6.07) is 1.17. The van der Waals surface area contributed by atoms with Crippen LogP contribution in [-0.2, 0) is 9.53 Å². The van der Waals surface area contributed by atoms with E-state index in [0.29, 0.717) is 13.0 Å². The van der Waals surface area contributed by atoms with E-state index in [1.807, 2.05) is 6.92 Å². The monoisotopic (exact) mass is 294 g/mol. The van der Waals surface area contributed by atoms with E-state index >= 15 is 0 Å². The van der Waals surface area contributed by atoms with Gasteiger partial charge in [-0.15, -0.1) is 0 Å². The molecule has 1 aliphatic rings. The van der Waals surface area contributed by atoms with Crippen molar-refractivity contribution in [1.29, 1.82) is 0 Å². The average molecular weight is 294 g/mol. The molecule has 2 amide bonds. The lowest BCUT2D eigenvalue weighted by Gasteiger charge is -2.40. The van der Waals surface area contributed by atoms with Gasteiger partial charge in [-0.1, -0.05) is 0 Å². The Kier molecular flexibility index (Phi) is 4.20. The average Bonchev–Trinajstić information content (AvgIpc) is 2.76. The maximum absolute atomic E-state index is 12.2. The number of carbonyl (C=O) groups excluding carboxylic acids is 2. The highest BCUT2D eigenvalue weighted by Crippen LogP contribution is 2.22. The van der Waals surface area contributed by atoms with Crippen molar-refractivity contribution < 1.29 is 14.3 Å². The predicted octanol–water partition coefficient (Wildman–Crippen LogP) is 1.60. The number of nitrogens with one attached hydrogen (secondary N) is 2. The van der Waals surface area contributed by atoms with Crippen molar-refractivity contribution in [3.8, 4) is 0 Å². The summed E-state index contributed by atoms with van der Waals surface area (Å²) in [5.74, 6) is -0.172. The molecule has 0 aromatic carbocycles. The van der Waals surface area contributed by atoms with Crippen LogP contribution in [0.3, 0.4) is 0 Å². The summed E-state index contributed by atoms with van der Waals surface area (Å²) in [6.07, 6.45) is 1.85. The number of likely N-dealkylation sites (tertiary alicyclic amines) is 1. The van der Waals surface area contributed by atoms with Gasteiger partial charge < -0.3 is 10.1 Å². The fourth-order valence-electron chi connectivity index (χ4n) is 2.09. The molecule has 2 rings (SSSR count). The molecule has 0 aliphatic carbocycles. The van der Waals surface area contributed by atoms with Gasteiger partial charge in [-0.2, -0.15) is 5.10 Å². The standard InChI is InChI=1S/C14H22N4O3/c1-9(10-5-7-15-17-10)16-12(19)11-6-8-18(11)13(20)21-14(2,3)4/h5,7,9,11H,6,8H2,1-4H3,(H,15,17)(H,16,19)/t9?,11-/m1/s1. The number of ether oxygens (including phenoxy) is 1. The molecule has 7 heteroatoms. The summed E-state index contributed by atoms with van der Waals surface area (Å²) in [5.41, 5.74) is 0.267. The van der Waals surface area contributed by atoms with Crippen LogP contribution in [0, 0.1) is 0 Å². The molecule has 2 heterocycles. The van der Waals surface area contributed by atoms with E-state index in [1.165, 1.54) is 4.90 Å². The summed E-state index contributed by atoms with van der Waals surface area (Å²) < 4.78 is 5.29. The van der Waals surface area contributed by atoms with E-state index in [1.54, 1.807) is 33.0 Å². The molecule has 0 saturated carbocycles. The third-order valence-electron chi connectivity index (χ3n) is 3.30. The lowest BCUT2D eigenvalue weighted by atomic mass is 10.0. The van der Waals surface area contributed by atoms with Gasteiger partial charge in [0.2, 0.25) is 5.91 Å². The highest BCUT2D eigenvalue weighted by Gasteiger charge is 2.40. The predicted molar refractivity (Wildman–Crippen MR) is 76.5 cm³/mol. The molecule has 0 radical (unpaired) electrons. The van der Waals surface area contributed by atoms with Crippen molar-refractivity contribution >= 4 is 12.0 Å². The Morgan fingerprint density at radius 3 is 2.71 bits per heavy atom. The molecule has 1 fully saturated rings. The second-order valence-electron chi connectivity index (χ2n) is 6.22. The maximum atomic E-state index is 12.2. The topological polar surface area (TPSA) is 87.3 Å². The third-order valence-corrected chi connectivity index (χ3v) is 3.30. The minimum absolute atomic E-state index is 0.172. The van der Waals surface area contributed by atoms with Crippen molar-refractivity contribution in [3.05, 3.63) is 18.0 Å². The number of hydrogen-bond acceptors (Lipinski definition) is 4. The molecule has 1 aromatic rings. The van der Waals surface area contributed by atoms with Gasteiger partial charge in [0.05, 0.1) is 11.7 Å². The van der Waals surface area contributed by atoms with Gasteiger partial charge in [-0.25, -0.2) is 4.79 Å². The molecule has 1 aromatic heterocycles. The Balaban J connectivity index is 1.90. The molecular weight excluding hydrogens is 272 g/mol. The second-order valence-corrected chi connectivity index (χ2v) is 6.22. The molecule has 0 bridgehead atoms. The van der Waals surface area contributed by atoms with Gasteiger partial charge in [0.25, 0.3) is 0 Å². The summed E-state index contributed by atoms with van der Waals surface area (Å²) in [4.78, 5) is 25.7. The first-order valence-electron chi connectivity index (χ1n) is 7.07. The number of nitrogens with zero attached hydrogens (tertiary/aromatic N) is 2. The quantitative estimate of drug-likeness (QED) is 0.886. The lowest BCUT2D eigenvalue weighted by molar-refractivity contribution is -0.131. The van der Waals surface area contributed by atoms with Crippen LogP contribution < -0.4 is 5.32 Å². The Bertz CT molecular complexity index is 507. The number of amides is 2. The number of H-pyrrole nitrogens is 1. The van der Waals surface area contributed by atoms with E-state index in [4.69, 9.17) is 4.74 Å².